The summed E-state index contributed by atoms with van der Waals surface area (Å²) in [6.07, 6.45) is 2.28. The third-order valence-corrected chi connectivity index (χ3v) is 2.42. The van der Waals surface area contributed by atoms with E-state index in [1.54, 1.807) is 0 Å². The highest BCUT2D eigenvalue weighted by Crippen LogP contribution is 2.18. The van der Waals surface area contributed by atoms with Crippen molar-refractivity contribution < 1.29 is 0 Å². The van der Waals surface area contributed by atoms with E-state index in [9.17, 15) is 0 Å². The first-order chi connectivity index (χ1) is 7.17. The Morgan fingerprint density at radius 1 is 1.47 bits per heavy atom. The lowest BCUT2D eigenvalue weighted by molar-refractivity contribution is 0.690. The standard InChI is InChI=1S/C13H18N2/c1-4-5-11(3)15-13-8-10(2)6-7-12(13)9-14/h6-8,11,15H,4-5H2,1-3H3. The summed E-state index contributed by atoms with van der Waals surface area (Å²) >= 11 is 0. The Morgan fingerprint density at radius 3 is 2.80 bits per heavy atom. The molecular formula is C13H18N2. The number of nitriles is 1. The molecule has 15 heavy (non-hydrogen) atoms. The van der Waals surface area contributed by atoms with Gasteiger partial charge >= 0.3 is 0 Å². The van der Waals surface area contributed by atoms with Crippen LogP contribution < -0.4 is 5.32 Å². The molecule has 0 bridgehead atoms. The molecule has 0 aromatic heterocycles. The molecule has 0 saturated carbocycles. The monoisotopic (exact) mass is 202 g/mol. The van der Waals surface area contributed by atoms with E-state index in [4.69, 9.17) is 5.26 Å². The van der Waals surface area contributed by atoms with Gasteiger partial charge in [-0.15, -0.1) is 0 Å². The molecule has 1 rings (SSSR count). The molecule has 1 unspecified atom stereocenters. The topological polar surface area (TPSA) is 35.8 Å². The fraction of sp³-hybridized carbons (Fsp3) is 0.462. The molecule has 1 aromatic rings. The van der Waals surface area contributed by atoms with Gasteiger partial charge in [-0.25, -0.2) is 0 Å². The van der Waals surface area contributed by atoms with Crippen molar-refractivity contribution in [1.82, 2.24) is 0 Å². The third kappa shape index (κ3) is 3.28. The summed E-state index contributed by atoms with van der Waals surface area (Å²) in [5, 5.41) is 12.3. The number of nitrogens with zero attached hydrogens (tertiary/aromatic N) is 1. The van der Waals surface area contributed by atoms with Gasteiger partial charge in [0.25, 0.3) is 0 Å². The zero-order valence-electron chi connectivity index (χ0n) is 9.67. The van der Waals surface area contributed by atoms with Crippen LogP contribution in [0.3, 0.4) is 0 Å². The highest BCUT2D eigenvalue weighted by molar-refractivity contribution is 5.59. The summed E-state index contributed by atoms with van der Waals surface area (Å²) in [4.78, 5) is 0. The second-order valence-electron chi connectivity index (χ2n) is 3.99. The van der Waals surface area contributed by atoms with Gasteiger partial charge in [-0.2, -0.15) is 5.26 Å². The number of nitrogens with one attached hydrogen (secondary N) is 1. The maximum Gasteiger partial charge on any atom is 0.101 e. The second kappa shape index (κ2) is 5.41. The molecule has 0 aliphatic carbocycles. The van der Waals surface area contributed by atoms with Gasteiger partial charge in [-0.3, -0.25) is 0 Å². The third-order valence-electron chi connectivity index (χ3n) is 2.42. The Bertz CT molecular complexity index is 363. The van der Waals surface area contributed by atoms with E-state index >= 15 is 0 Å². The Balaban J connectivity index is 2.83. The van der Waals surface area contributed by atoms with Gasteiger partial charge in [0.1, 0.15) is 6.07 Å². The lowest BCUT2D eigenvalue weighted by atomic mass is 10.1. The molecule has 2 nitrogen and oxygen atoms in total. The fourth-order valence-electron chi connectivity index (χ4n) is 1.65. The fourth-order valence-corrected chi connectivity index (χ4v) is 1.65. The normalized spacial score (nSPS) is 11.9. The van der Waals surface area contributed by atoms with Gasteiger partial charge in [0.05, 0.1) is 11.3 Å². The van der Waals surface area contributed by atoms with Crippen LogP contribution in [0.15, 0.2) is 18.2 Å². The minimum absolute atomic E-state index is 0.420. The minimum Gasteiger partial charge on any atom is -0.382 e. The van der Waals surface area contributed by atoms with Gasteiger partial charge < -0.3 is 5.32 Å². The molecule has 0 aliphatic heterocycles. The molecule has 2 heteroatoms. The number of hydrogen-bond acceptors (Lipinski definition) is 2. The van der Waals surface area contributed by atoms with Gasteiger partial charge in [0.2, 0.25) is 0 Å². The minimum atomic E-state index is 0.420. The Kier molecular flexibility index (Phi) is 4.17. The highest BCUT2D eigenvalue weighted by atomic mass is 14.9. The Labute approximate surface area is 91.9 Å². The van der Waals surface area contributed by atoms with E-state index in [-0.39, 0.29) is 0 Å². The number of aryl methyl sites for hydroxylation is 1. The molecule has 0 heterocycles. The molecular weight excluding hydrogens is 184 g/mol. The van der Waals surface area contributed by atoms with Crippen LogP contribution in [-0.4, -0.2) is 6.04 Å². The Hall–Kier alpha value is -1.49. The first-order valence-corrected chi connectivity index (χ1v) is 5.44. The molecule has 0 saturated heterocycles. The van der Waals surface area contributed by atoms with E-state index in [1.165, 1.54) is 5.56 Å². The molecule has 1 N–H and O–H groups in total. The summed E-state index contributed by atoms with van der Waals surface area (Å²) < 4.78 is 0. The molecule has 0 fully saturated rings. The van der Waals surface area contributed by atoms with Crippen molar-refractivity contribution in [2.45, 2.75) is 39.7 Å². The smallest absolute Gasteiger partial charge is 0.101 e. The summed E-state index contributed by atoms with van der Waals surface area (Å²) in [5.41, 5.74) is 2.86. The summed E-state index contributed by atoms with van der Waals surface area (Å²) in [5.74, 6) is 0. The van der Waals surface area contributed by atoms with Crippen molar-refractivity contribution in [3.05, 3.63) is 29.3 Å². The van der Waals surface area contributed by atoms with Crippen LogP contribution in [0, 0.1) is 18.3 Å². The first kappa shape index (κ1) is 11.6. The Morgan fingerprint density at radius 2 is 2.20 bits per heavy atom. The summed E-state index contributed by atoms with van der Waals surface area (Å²) in [7, 11) is 0. The van der Waals surface area contributed by atoms with Crippen LogP contribution in [0.5, 0.6) is 0 Å². The molecule has 1 atom stereocenters. The molecule has 80 valence electrons. The van der Waals surface area contributed by atoms with Crippen molar-refractivity contribution in [1.29, 1.82) is 5.26 Å². The summed E-state index contributed by atoms with van der Waals surface area (Å²) in [6, 6.07) is 8.50. The largest absolute Gasteiger partial charge is 0.382 e. The molecule has 0 radical (unpaired) electrons. The van der Waals surface area contributed by atoms with Crippen LogP contribution in [0.2, 0.25) is 0 Å². The van der Waals surface area contributed by atoms with Gasteiger partial charge in [-0.05, 0) is 38.0 Å². The van der Waals surface area contributed by atoms with Gasteiger partial charge in [0.15, 0.2) is 0 Å². The molecule has 0 aliphatic rings. The van der Waals surface area contributed by atoms with Crippen LogP contribution in [0.1, 0.15) is 37.8 Å². The first-order valence-electron chi connectivity index (χ1n) is 5.44. The molecule has 1 aromatic carbocycles. The zero-order chi connectivity index (χ0) is 11.3. The van der Waals surface area contributed by atoms with E-state index in [1.807, 2.05) is 25.1 Å². The maximum absolute atomic E-state index is 8.96. The quantitative estimate of drug-likeness (QED) is 0.811. The number of hydrogen-bond donors (Lipinski definition) is 1. The lowest BCUT2D eigenvalue weighted by Gasteiger charge is -2.15. The van der Waals surface area contributed by atoms with Crippen molar-refractivity contribution in [3.63, 3.8) is 0 Å². The maximum atomic E-state index is 8.96. The average molecular weight is 202 g/mol. The van der Waals surface area contributed by atoms with E-state index < -0.39 is 0 Å². The SMILES string of the molecule is CCCC(C)Nc1cc(C)ccc1C#N. The number of anilines is 1. The van der Waals surface area contributed by atoms with Crippen LogP contribution in [0.25, 0.3) is 0 Å². The number of benzene rings is 1. The number of rotatable bonds is 4. The van der Waals surface area contributed by atoms with Crippen molar-refractivity contribution in [3.8, 4) is 6.07 Å². The molecule has 0 amide bonds. The van der Waals surface area contributed by atoms with Crippen LogP contribution >= 0.6 is 0 Å². The van der Waals surface area contributed by atoms with Crippen LogP contribution in [-0.2, 0) is 0 Å². The van der Waals surface area contributed by atoms with Crippen molar-refractivity contribution in [2.24, 2.45) is 0 Å². The van der Waals surface area contributed by atoms with E-state index in [0.29, 0.717) is 6.04 Å². The second-order valence-corrected chi connectivity index (χ2v) is 3.99. The predicted octanol–water partition coefficient (Wildman–Crippen LogP) is 3.47. The van der Waals surface area contributed by atoms with Crippen molar-refractivity contribution >= 4 is 5.69 Å². The molecule has 0 spiro atoms. The highest BCUT2D eigenvalue weighted by Gasteiger charge is 2.05. The van der Waals surface area contributed by atoms with E-state index in [2.05, 4.69) is 25.2 Å². The zero-order valence-corrected chi connectivity index (χ0v) is 9.67. The van der Waals surface area contributed by atoms with Crippen molar-refractivity contribution in [2.75, 3.05) is 5.32 Å². The average Bonchev–Trinajstić information content (AvgIpc) is 2.18. The lowest BCUT2D eigenvalue weighted by Crippen LogP contribution is -2.15. The van der Waals surface area contributed by atoms with Crippen LogP contribution in [0.4, 0.5) is 5.69 Å². The van der Waals surface area contributed by atoms with Gasteiger partial charge in [-0.1, -0.05) is 19.4 Å². The summed E-state index contributed by atoms with van der Waals surface area (Å²) in [6.45, 7) is 6.35. The van der Waals surface area contributed by atoms with E-state index in [0.717, 1.165) is 24.1 Å². The predicted molar refractivity (Wildman–Crippen MR) is 63.9 cm³/mol. The van der Waals surface area contributed by atoms with Gasteiger partial charge in [0, 0.05) is 6.04 Å².